The summed E-state index contributed by atoms with van der Waals surface area (Å²) in [6.07, 6.45) is -0.122. The van der Waals surface area contributed by atoms with Crippen LogP contribution in [0.5, 0.6) is 0 Å². The molecule has 18 heavy (non-hydrogen) atoms. The molecule has 0 aliphatic carbocycles. The van der Waals surface area contributed by atoms with Crippen molar-refractivity contribution in [2.45, 2.75) is 18.2 Å². The smallest absolute Gasteiger partial charge is 0.126 e. The molecule has 3 N–H and O–H groups in total. The topological polar surface area (TPSA) is 62.9 Å². The molecule has 4 rings (SSSR count). The Kier molecular flexibility index (Phi) is 2.13. The first-order chi connectivity index (χ1) is 8.84. The molecule has 1 fully saturated rings. The van der Waals surface area contributed by atoms with Crippen LogP contribution in [0.15, 0.2) is 29.3 Å². The lowest BCUT2D eigenvalue weighted by molar-refractivity contribution is 0.104. The van der Waals surface area contributed by atoms with Gasteiger partial charge in [0.15, 0.2) is 0 Å². The van der Waals surface area contributed by atoms with Gasteiger partial charge in [0.2, 0.25) is 0 Å². The highest BCUT2D eigenvalue weighted by molar-refractivity contribution is 5.87. The second kappa shape index (κ2) is 3.70. The Morgan fingerprint density at radius 1 is 1.39 bits per heavy atom. The van der Waals surface area contributed by atoms with Gasteiger partial charge in [-0.3, -0.25) is 4.99 Å². The number of benzene rings is 1. The number of para-hydroxylation sites is 1. The van der Waals surface area contributed by atoms with Crippen molar-refractivity contribution in [3.8, 4) is 0 Å². The molecule has 1 saturated heterocycles. The van der Waals surface area contributed by atoms with Gasteiger partial charge in [0, 0.05) is 17.8 Å². The van der Waals surface area contributed by atoms with Crippen LogP contribution in [0, 0.1) is 0 Å². The number of nitrogens with one attached hydrogen (secondary N) is 1. The number of aliphatic imine (C=N–C) groups is 1. The Morgan fingerprint density at radius 3 is 3.22 bits per heavy atom. The second-order valence-electron chi connectivity index (χ2n) is 4.98. The molecule has 94 valence electrons. The van der Waals surface area contributed by atoms with Crippen molar-refractivity contribution >= 4 is 11.5 Å². The molecule has 3 aliphatic rings. The lowest BCUT2D eigenvalue weighted by Gasteiger charge is -2.39. The highest BCUT2D eigenvalue weighted by atomic mass is 16.5. The van der Waals surface area contributed by atoms with Gasteiger partial charge in [0.25, 0.3) is 0 Å². The molecule has 0 amide bonds. The molecule has 0 aromatic heterocycles. The summed E-state index contributed by atoms with van der Waals surface area (Å²) in [5.74, 6) is 1.05. The van der Waals surface area contributed by atoms with Crippen LogP contribution in [0.1, 0.15) is 11.6 Å². The molecule has 3 atom stereocenters. The number of morpholine rings is 1. The van der Waals surface area contributed by atoms with Gasteiger partial charge in [0.05, 0.1) is 18.8 Å². The van der Waals surface area contributed by atoms with Gasteiger partial charge in [-0.05, 0) is 6.07 Å². The third-order valence-corrected chi connectivity index (χ3v) is 3.97. The van der Waals surface area contributed by atoms with Crippen molar-refractivity contribution < 1.29 is 4.74 Å². The zero-order chi connectivity index (χ0) is 12.1. The SMILES string of the molecule is NC1Nc2ccccc2C2C1N=C1COCCN12. The average Bonchev–Trinajstić information content (AvgIpc) is 2.79. The number of nitrogens with two attached hydrogens (primary N) is 1. The van der Waals surface area contributed by atoms with E-state index in [1.807, 2.05) is 6.07 Å². The zero-order valence-corrected chi connectivity index (χ0v) is 10.0. The molecular weight excluding hydrogens is 228 g/mol. The van der Waals surface area contributed by atoms with Gasteiger partial charge in [-0.1, -0.05) is 18.2 Å². The fourth-order valence-electron chi connectivity index (χ4n) is 3.16. The van der Waals surface area contributed by atoms with E-state index in [4.69, 9.17) is 15.5 Å². The maximum atomic E-state index is 6.20. The first-order valence-electron chi connectivity index (χ1n) is 6.37. The Morgan fingerprint density at radius 2 is 2.28 bits per heavy atom. The van der Waals surface area contributed by atoms with Gasteiger partial charge in [-0.2, -0.15) is 0 Å². The molecule has 3 aliphatic heterocycles. The summed E-state index contributed by atoms with van der Waals surface area (Å²) in [5, 5.41) is 3.34. The molecule has 5 nitrogen and oxygen atoms in total. The predicted octanol–water partition coefficient (Wildman–Crippen LogP) is 0.551. The number of hydrogen-bond donors (Lipinski definition) is 2. The summed E-state index contributed by atoms with van der Waals surface area (Å²) < 4.78 is 5.48. The van der Waals surface area contributed by atoms with Crippen LogP contribution in [-0.4, -0.2) is 42.7 Å². The lowest BCUT2D eigenvalue weighted by Crippen LogP contribution is -2.50. The van der Waals surface area contributed by atoms with Crippen LogP contribution in [0.4, 0.5) is 5.69 Å². The van der Waals surface area contributed by atoms with E-state index in [1.54, 1.807) is 0 Å². The third kappa shape index (κ3) is 1.31. The van der Waals surface area contributed by atoms with E-state index in [2.05, 4.69) is 28.4 Å². The normalized spacial score (nSPS) is 33.1. The van der Waals surface area contributed by atoms with Crippen molar-refractivity contribution in [2.24, 2.45) is 10.7 Å². The average molecular weight is 244 g/mol. The van der Waals surface area contributed by atoms with Crippen LogP contribution in [0.2, 0.25) is 0 Å². The number of nitrogens with zero attached hydrogens (tertiary/aromatic N) is 2. The molecule has 1 aromatic carbocycles. The number of ether oxygens (including phenoxy) is 1. The van der Waals surface area contributed by atoms with Crippen LogP contribution in [0.25, 0.3) is 0 Å². The number of amidine groups is 1. The van der Waals surface area contributed by atoms with Gasteiger partial charge in [-0.25, -0.2) is 0 Å². The molecule has 0 bridgehead atoms. The maximum Gasteiger partial charge on any atom is 0.126 e. The van der Waals surface area contributed by atoms with E-state index >= 15 is 0 Å². The number of anilines is 1. The quantitative estimate of drug-likeness (QED) is 0.699. The van der Waals surface area contributed by atoms with Crippen molar-refractivity contribution in [3.63, 3.8) is 0 Å². The Balaban J connectivity index is 1.81. The number of fused-ring (bicyclic) bond motifs is 5. The van der Waals surface area contributed by atoms with E-state index in [0.29, 0.717) is 6.61 Å². The monoisotopic (exact) mass is 244 g/mol. The van der Waals surface area contributed by atoms with Crippen LogP contribution in [0.3, 0.4) is 0 Å². The minimum absolute atomic E-state index is 0.0941. The van der Waals surface area contributed by atoms with Crippen LogP contribution in [-0.2, 0) is 4.74 Å². The molecule has 3 heterocycles. The third-order valence-electron chi connectivity index (χ3n) is 3.97. The number of rotatable bonds is 0. The summed E-state index contributed by atoms with van der Waals surface area (Å²) in [6.45, 7) is 2.29. The van der Waals surface area contributed by atoms with Crippen molar-refractivity contribution in [1.82, 2.24) is 4.90 Å². The molecule has 0 spiro atoms. The fraction of sp³-hybridized carbons (Fsp3) is 0.462. The van der Waals surface area contributed by atoms with Gasteiger partial charge in [0.1, 0.15) is 18.5 Å². The van der Waals surface area contributed by atoms with E-state index in [0.717, 1.165) is 24.7 Å². The van der Waals surface area contributed by atoms with Crippen molar-refractivity contribution in [2.75, 3.05) is 25.1 Å². The summed E-state index contributed by atoms with van der Waals surface area (Å²) >= 11 is 0. The number of hydrogen-bond acceptors (Lipinski definition) is 5. The molecule has 0 radical (unpaired) electrons. The first kappa shape index (κ1) is 10.3. The van der Waals surface area contributed by atoms with Crippen LogP contribution >= 0.6 is 0 Å². The Hall–Kier alpha value is -1.59. The van der Waals surface area contributed by atoms with E-state index in [9.17, 15) is 0 Å². The van der Waals surface area contributed by atoms with E-state index < -0.39 is 0 Å². The lowest BCUT2D eigenvalue weighted by atomic mass is 9.92. The second-order valence-corrected chi connectivity index (χ2v) is 4.98. The Labute approximate surface area is 106 Å². The minimum Gasteiger partial charge on any atom is -0.372 e. The van der Waals surface area contributed by atoms with Gasteiger partial charge >= 0.3 is 0 Å². The van der Waals surface area contributed by atoms with E-state index in [1.165, 1.54) is 5.56 Å². The molecule has 1 aromatic rings. The highest BCUT2D eigenvalue weighted by Gasteiger charge is 2.44. The Bertz CT molecular complexity index is 515. The van der Waals surface area contributed by atoms with Crippen molar-refractivity contribution in [3.05, 3.63) is 29.8 Å². The standard InChI is InChI=1S/C13H16N4O/c14-13-11-12(8-3-1-2-4-9(8)15-13)17-5-6-18-7-10(17)16-11/h1-4,11-13,15H,5-7,14H2. The zero-order valence-electron chi connectivity index (χ0n) is 10.0. The van der Waals surface area contributed by atoms with E-state index in [-0.39, 0.29) is 18.2 Å². The molecule has 5 heteroatoms. The minimum atomic E-state index is -0.122. The molecule has 0 saturated carbocycles. The predicted molar refractivity (Wildman–Crippen MR) is 69.5 cm³/mol. The van der Waals surface area contributed by atoms with Gasteiger partial charge in [-0.15, -0.1) is 0 Å². The summed E-state index contributed by atoms with van der Waals surface area (Å²) in [7, 11) is 0. The van der Waals surface area contributed by atoms with Crippen LogP contribution < -0.4 is 11.1 Å². The largest absolute Gasteiger partial charge is 0.372 e. The summed E-state index contributed by atoms with van der Waals surface area (Å²) in [4.78, 5) is 7.10. The van der Waals surface area contributed by atoms with Crippen molar-refractivity contribution in [1.29, 1.82) is 0 Å². The van der Waals surface area contributed by atoms with Gasteiger partial charge < -0.3 is 20.7 Å². The molecular formula is C13H16N4O. The summed E-state index contributed by atoms with van der Waals surface area (Å²) in [6, 6.07) is 8.73. The highest BCUT2D eigenvalue weighted by Crippen LogP contribution is 2.41. The molecule has 3 unspecified atom stereocenters. The summed E-state index contributed by atoms with van der Waals surface area (Å²) in [5.41, 5.74) is 8.63. The maximum absolute atomic E-state index is 6.20. The fourth-order valence-corrected chi connectivity index (χ4v) is 3.16. The first-order valence-corrected chi connectivity index (χ1v) is 6.37.